The zero-order valence-electron chi connectivity index (χ0n) is 18.4. The molecule has 0 unspecified atom stereocenters. The molecule has 0 aliphatic carbocycles. The first kappa shape index (κ1) is 23.6. The SMILES string of the molecule is C[C@@H](CF)Oc1cc(Oc2ccc(S(C)(=O)=O)nc2)nc(-c2ccc(C3=N[C@H](CO)CO3)[nH]2)c1. The molecule has 0 fully saturated rings. The lowest BCUT2D eigenvalue weighted by Crippen LogP contribution is -2.13. The summed E-state index contributed by atoms with van der Waals surface area (Å²) < 4.78 is 53.2. The number of hydrogen-bond acceptors (Lipinski definition) is 9. The van der Waals surface area contributed by atoms with Crippen molar-refractivity contribution in [2.24, 2.45) is 4.99 Å². The van der Waals surface area contributed by atoms with E-state index >= 15 is 0 Å². The van der Waals surface area contributed by atoms with E-state index in [2.05, 4.69) is 19.9 Å². The summed E-state index contributed by atoms with van der Waals surface area (Å²) in [6, 6.07) is 9.15. The number of pyridine rings is 2. The van der Waals surface area contributed by atoms with Gasteiger partial charge in [0.15, 0.2) is 14.9 Å². The van der Waals surface area contributed by atoms with Crippen molar-refractivity contribution in [1.82, 2.24) is 15.0 Å². The summed E-state index contributed by atoms with van der Waals surface area (Å²) in [4.78, 5) is 15.8. The highest BCUT2D eigenvalue weighted by atomic mass is 32.2. The molecule has 2 atom stereocenters. The monoisotopic (exact) mass is 490 g/mol. The Kier molecular flexibility index (Phi) is 6.80. The Morgan fingerprint density at radius 1 is 1.24 bits per heavy atom. The minimum atomic E-state index is -3.44. The molecule has 0 spiro atoms. The Balaban J connectivity index is 1.64. The maximum absolute atomic E-state index is 13.0. The van der Waals surface area contributed by atoms with Gasteiger partial charge in [-0.05, 0) is 31.2 Å². The molecule has 10 nitrogen and oxygen atoms in total. The third kappa shape index (κ3) is 5.51. The van der Waals surface area contributed by atoms with Gasteiger partial charge in [-0.25, -0.2) is 27.8 Å². The quantitative estimate of drug-likeness (QED) is 0.467. The number of halogens is 1. The van der Waals surface area contributed by atoms with Crippen LogP contribution in [-0.2, 0) is 14.6 Å². The topological polar surface area (TPSA) is 136 Å². The van der Waals surface area contributed by atoms with Crippen LogP contribution in [0.25, 0.3) is 11.4 Å². The standard InChI is InChI=1S/C22H23FN4O6S/c1-13(9-23)32-16-7-19(17-4-5-18(26-17)22-25-14(11-28)12-31-22)27-20(8-16)33-15-3-6-21(24-10-15)34(2,29)30/h3-8,10,13-14,26,28H,9,11-12H2,1-2H3/t13-,14+/m0/s1. The fourth-order valence-electron chi connectivity index (χ4n) is 3.10. The van der Waals surface area contributed by atoms with Gasteiger partial charge in [-0.2, -0.15) is 0 Å². The Morgan fingerprint density at radius 3 is 2.68 bits per heavy atom. The first-order valence-corrected chi connectivity index (χ1v) is 12.2. The smallest absolute Gasteiger partial charge is 0.233 e. The number of rotatable bonds is 9. The van der Waals surface area contributed by atoms with Crippen LogP contribution < -0.4 is 9.47 Å². The number of H-pyrrole nitrogens is 1. The van der Waals surface area contributed by atoms with Gasteiger partial charge in [0, 0.05) is 18.4 Å². The first-order valence-electron chi connectivity index (χ1n) is 10.3. The van der Waals surface area contributed by atoms with E-state index in [4.69, 9.17) is 14.2 Å². The van der Waals surface area contributed by atoms with Gasteiger partial charge in [0.2, 0.25) is 11.8 Å². The van der Waals surface area contributed by atoms with E-state index in [0.29, 0.717) is 35.3 Å². The van der Waals surface area contributed by atoms with Crippen molar-refractivity contribution in [3.05, 3.63) is 48.3 Å². The summed E-state index contributed by atoms with van der Waals surface area (Å²) in [7, 11) is -3.44. The summed E-state index contributed by atoms with van der Waals surface area (Å²) in [6.45, 7) is 1.10. The van der Waals surface area contributed by atoms with Crippen LogP contribution in [0.3, 0.4) is 0 Å². The van der Waals surface area contributed by atoms with Crippen molar-refractivity contribution >= 4 is 15.7 Å². The zero-order valence-corrected chi connectivity index (χ0v) is 19.3. The molecule has 3 aromatic heterocycles. The van der Waals surface area contributed by atoms with Crippen LogP contribution in [0.15, 0.2) is 52.6 Å². The van der Waals surface area contributed by atoms with Gasteiger partial charge in [-0.1, -0.05) is 0 Å². The van der Waals surface area contributed by atoms with Crippen molar-refractivity contribution in [1.29, 1.82) is 0 Å². The minimum Gasteiger partial charge on any atom is -0.488 e. The van der Waals surface area contributed by atoms with Crippen molar-refractivity contribution in [3.8, 4) is 28.8 Å². The van der Waals surface area contributed by atoms with E-state index in [0.717, 1.165) is 6.26 Å². The summed E-state index contributed by atoms with van der Waals surface area (Å²) in [6.07, 6.45) is 1.65. The summed E-state index contributed by atoms with van der Waals surface area (Å²) in [5.74, 6) is 1.12. The van der Waals surface area contributed by atoms with E-state index in [1.165, 1.54) is 24.4 Å². The highest BCUT2D eigenvalue weighted by Gasteiger charge is 2.21. The van der Waals surface area contributed by atoms with Crippen LogP contribution in [0.1, 0.15) is 12.6 Å². The summed E-state index contributed by atoms with van der Waals surface area (Å²) >= 11 is 0. The number of ether oxygens (including phenoxy) is 3. The summed E-state index contributed by atoms with van der Waals surface area (Å²) in [5, 5.41) is 9.17. The molecule has 0 saturated heterocycles. The maximum atomic E-state index is 13.0. The van der Waals surface area contributed by atoms with Gasteiger partial charge in [0.1, 0.15) is 42.6 Å². The molecule has 0 radical (unpaired) electrons. The largest absolute Gasteiger partial charge is 0.488 e. The molecule has 34 heavy (non-hydrogen) atoms. The molecule has 180 valence electrons. The molecule has 3 aromatic rings. The fourth-order valence-corrected chi connectivity index (χ4v) is 3.66. The molecule has 4 heterocycles. The predicted octanol–water partition coefficient (Wildman–Crippen LogP) is 2.54. The highest BCUT2D eigenvalue weighted by molar-refractivity contribution is 7.90. The number of aliphatic imine (C=N–C) groups is 1. The molecule has 12 heteroatoms. The average molecular weight is 491 g/mol. The van der Waals surface area contributed by atoms with E-state index < -0.39 is 22.6 Å². The van der Waals surface area contributed by atoms with Crippen LogP contribution in [0, 0.1) is 0 Å². The van der Waals surface area contributed by atoms with Gasteiger partial charge in [-0.15, -0.1) is 0 Å². The lowest BCUT2D eigenvalue weighted by Gasteiger charge is -2.14. The van der Waals surface area contributed by atoms with Crippen molar-refractivity contribution in [2.45, 2.75) is 24.1 Å². The number of sulfone groups is 1. The number of nitrogens with zero attached hydrogens (tertiary/aromatic N) is 3. The molecule has 0 aromatic carbocycles. The molecule has 0 bridgehead atoms. The Labute approximate surface area is 195 Å². The van der Waals surface area contributed by atoms with Crippen LogP contribution in [0.4, 0.5) is 4.39 Å². The highest BCUT2D eigenvalue weighted by Crippen LogP contribution is 2.30. The van der Waals surface area contributed by atoms with Crippen LogP contribution in [0.5, 0.6) is 17.4 Å². The van der Waals surface area contributed by atoms with E-state index in [1.807, 2.05) is 0 Å². The molecular formula is C22H23FN4O6S. The second-order valence-corrected chi connectivity index (χ2v) is 9.65. The summed E-state index contributed by atoms with van der Waals surface area (Å²) in [5.41, 5.74) is 1.66. The van der Waals surface area contributed by atoms with Crippen molar-refractivity contribution in [3.63, 3.8) is 0 Å². The first-order chi connectivity index (χ1) is 16.2. The second-order valence-electron chi connectivity index (χ2n) is 7.68. The molecule has 0 saturated carbocycles. The third-order valence-electron chi connectivity index (χ3n) is 4.76. The van der Waals surface area contributed by atoms with E-state index in [1.54, 1.807) is 25.1 Å². The molecule has 1 aliphatic heterocycles. The molecule has 0 amide bonds. The number of alkyl halides is 1. The van der Waals surface area contributed by atoms with E-state index in [-0.39, 0.29) is 29.3 Å². The maximum Gasteiger partial charge on any atom is 0.233 e. The number of hydrogen-bond donors (Lipinski definition) is 2. The van der Waals surface area contributed by atoms with Gasteiger partial charge in [0.25, 0.3) is 0 Å². The average Bonchev–Trinajstić information content (AvgIpc) is 3.48. The van der Waals surface area contributed by atoms with Crippen molar-refractivity contribution in [2.75, 3.05) is 26.1 Å². The number of aliphatic hydroxyl groups is 1. The van der Waals surface area contributed by atoms with Crippen LogP contribution in [-0.4, -0.2) is 72.7 Å². The van der Waals surface area contributed by atoms with Crippen LogP contribution in [0.2, 0.25) is 0 Å². The van der Waals surface area contributed by atoms with E-state index in [9.17, 15) is 17.9 Å². The third-order valence-corrected chi connectivity index (χ3v) is 5.76. The Bertz CT molecular complexity index is 1290. The van der Waals surface area contributed by atoms with Crippen LogP contribution >= 0.6 is 0 Å². The van der Waals surface area contributed by atoms with Gasteiger partial charge in [0.05, 0.1) is 24.2 Å². The molecule has 4 rings (SSSR count). The van der Waals surface area contributed by atoms with Gasteiger partial charge in [-0.3, -0.25) is 0 Å². The zero-order chi connectivity index (χ0) is 24.3. The normalized spacial score (nSPS) is 16.6. The lowest BCUT2D eigenvalue weighted by molar-refractivity contribution is 0.181. The number of aliphatic hydroxyl groups excluding tert-OH is 1. The second kappa shape index (κ2) is 9.77. The lowest BCUT2D eigenvalue weighted by atomic mass is 10.2. The Morgan fingerprint density at radius 2 is 2.03 bits per heavy atom. The Hall–Kier alpha value is -3.51. The van der Waals surface area contributed by atoms with Crippen molar-refractivity contribution < 1.29 is 32.1 Å². The number of aromatic nitrogens is 3. The number of nitrogens with one attached hydrogen (secondary N) is 1. The number of aromatic amines is 1. The fraction of sp³-hybridized carbons (Fsp3) is 0.318. The molecular weight excluding hydrogens is 467 g/mol. The minimum absolute atomic E-state index is 0.0817. The molecule has 1 aliphatic rings. The molecule has 2 N–H and O–H groups in total. The van der Waals surface area contributed by atoms with Gasteiger partial charge < -0.3 is 24.3 Å². The van der Waals surface area contributed by atoms with Gasteiger partial charge >= 0.3 is 0 Å². The predicted molar refractivity (Wildman–Crippen MR) is 121 cm³/mol.